The maximum absolute atomic E-state index is 13.1. The van der Waals surface area contributed by atoms with E-state index in [2.05, 4.69) is 15.2 Å². The number of hydrogen-bond donors (Lipinski definition) is 1. The molecule has 3 aromatic rings. The van der Waals surface area contributed by atoms with Crippen molar-refractivity contribution in [2.24, 2.45) is 0 Å². The highest BCUT2D eigenvalue weighted by Crippen LogP contribution is 2.30. The van der Waals surface area contributed by atoms with Crippen LogP contribution < -0.4 is 10.7 Å². The summed E-state index contributed by atoms with van der Waals surface area (Å²) in [7, 11) is 1.14. The molecule has 0 saturated heterocycles. The number of anilines is 1. The molecule has 1 amide bonds. The summed E-state index contributed by atoms with van der Waals surface area (Å²) < 4.78 is 44.9. The zero-order valence-electron chi connectivity index (χ0n) is 16.7. The number of aromatic nitrogens is 2. The number of esters is 1. The number of hydrogen-bond acceptors (Lipinski definition) is 5. The first kappa shape index (κ1) is 23.0. The number of amides is 1. The number of nitrogens with one attached hydrogen (secondary N) is 1. The van der Waals surface area contributed by atoms with Gasteiger partial charge in [0.2, 0.25) is 5.43 Å². The number of nitrogens with zero attached hydrogens (tertiary/aromatic N) is 2. The highest BCUT2D eigenvalue weighted by Gasteiger charge is 2.30. The van der Waals surface area contributed by atoms with E-state index in [4.69, 9.17) is 11.6 Å². The lowest BCUT2D eigenvalue weighted by molar-refractivity contribution is -0.137. The van der Waals surface area contributed by atoms with Gasteiger partial charge >= 0.3 is 12.1 Å². The van der Waals surface area contributed by atoms with Gasteiger partial charge in [0.1, 0.15) is 0 Å². The Hall–Kier alpha value is -3.66. The number of rotatable bonds is 4. The van der Waals surface area contributed by atoms with Crippen LogP contribution in [-0.4, -0.2) is 28.8 Å². The number of carbonyl (C=O) groups is 2. The normalized spacial score (nSPS) is 11.2. The van der Waals surface area contributed by atoms with Gasteiger partial charge in [-0.25, -0.2) is 9.48 Å². The maximum Gasteiger partial charge on any atom is 0.416 e. The molecule has 0 aliphatic carbocycles. The molecule has 32 heavy (non-hydrogen) atoms. The molecule has 0 radical (unpaired) electrons. The average Bonchev–Trinajstić information content (AvgIpc) is 2.74. The quantitative estimate of drug-likeness (QED) is 0.582. The summed E-state index contributed by atoms with van der Waals surface area (Å²) in [5.41, 5.74) is -2.07. The van der Waals surface area contributed by atoms with Gasteiger partial charge in [0.25, 0.3) is 5.91 Å². The van der Waals surface area contributed by atoms with Crippen LogP contribution in [-0.2, 0) is 10.9 Å². The molecule has 0 aliphatic rings. The van der Waals surface area contributed by atoms with Crippen LogP contribution in [0.4, 0.5) is 18.9 Å². The highest BCUT2D eigenvalue weighted by molar-refractivity contribution is 6.31. The van der Waals surface area contributed by atoms with Crippen LogP contribution in [0.25, 0.3) is 5.69 Å². The van der Waals surface area contributed by atoms with E-state index in [1.54, 1.807) is 0 Å². The summed E-state index contributed by atoms with van der Waals surface area (Å²) >= 11 is 5.88. The Morgan fingerprint density at radius 3 is 2.50 bits per heavy atom. The maximum atomic E-state index is 13.1. The monoisotopic (exact) mass is 465 g/mol. The first-order valence-electron chi connectivity index (χ1n) is 8.99. The highest BCUT2D eigenvalue weighted by atomic mass is 35.5. The van der Waals surface area contributed by atoms with Crippen molar-refractivity contribution in [1.29, 1.82) is 0 Å². The fourth-order valence-electron chi connectivity index (χ4n) is 2.87. The largest absolute Gasteiger partial charge is 0.465 e. The summed E-state index contributed by atoms with van der Waals surface area (Å²) in [6.45, 7) is 1.46. The lowest BCUT2D eigenvalue weighted by atomic mass is 10.1. The third kappa shape index (κ3) is 4.80. The SMILES string of the molecule is COC(=O)c1cc(Cl)ccc1NC(=O)c1nn(-c2cccc(C(F)(F)F)c2)c(C)cc1=O. The second-order valence-electron chi connectivity index (χ2n) is 6.59. The van der Waals surface area contributed by atoms with E-state index in [0.717, 1.165) is 30.0 Å². The molecule has 0 bridgehead atoms. The minimum absolute atomic E-state index is 0.00752. The van der Waals surface area contributed by atoms with Gasteiger partial charge in [-0.2, -0.15) is 18.3 Å². The Balaban J connectivity index is 2.03. The standard InChI is InChI=1S/C21H15ClF3N3O4/c1-11-8-17(29)18(27-28(11)14-5-3-4-12(9-14)21(23,24)25)19(30)26-16-7-6-13(22)10-15(16)20(31)32-2/h3-10H,1-2H3,(H,26,30). The minimum Gasteiger partial charge on any atom is -0.465 e. The lowest BCUT2D eigenvalue weighted by Gasteiger charge is -2.14. The van der Waals surface area contributed by atoms with Gasteiger partial charge in [-0.1, -0.05) is 17.7 Å². The topological polar surface area (TPSA) is 90.3 Å². The van der Waals surface area contributed by atoms with Crippen LogP contribution in [0, 0.1) is 6.92 Å². The Morgan fingerprint density at radius 2 is 1.84 bits per heavy atom. The second-order valence-corrected chi connectivity index (χ2v) is 7.03. The molecule has 0 atom stereocenters. The van der Waals surface area contributed by atoms with Crippen molar-refractivity contribution >= 4 is 29.2 Å². The molecule has 0 spiro atoms. The van der Waals surface area contributed by atoms with Gasteiger partial charge in [-0.05, 0) is 43.3 Å². The zero-order chi connectivity index (χ0) is 23.6. The molecule has 0 unspecified atom stereocenters. The Labute approximate surface area is 184 Å². The molecule has 0 saturated carbocycles. The number of carbonyl (C=O) groups excluding carboxylic acids is 2. The predicted octanol–water partition coefficient (Wildman–Crippen LogP) is 4.25. The zero-order valence-corrected chi connectivity index (χ0v) is 17.4. The van der Waals surface area contributed by atoms with Crippen LogP contribution in [0.2, 0.25) is 5.02 Å². The van der Waals surface area contributed by atoms with E-state index in [9.17, 15) is 27.6 Å². The predicted molar refractivity (Wildman–Crippen MR) is 110 cm³/mol. The van der Waals surface area contributed by atoms with Crippen LogP contribution in [0.1, 0.15) is 32.1 Å². The molecule has 11 heteroatoms. The van der Waals surface area contributed by atoms with Gasteiger partial charge in [0.05, 0.1) is 29.6 Å². The molecule has 2 aromatic carbocycles. The molecule has 0 aliphatic heterocycles. The average molecular weight is 466 g/mol. The summed E-state index contributed by atoms with van der Waals surface area (Å²) in [6.07, 6.45) is -4.58. The molecule has 7 nitrogen and oxygen atoms in total. The van der Waals surface area contributed by atoms with Gasteiger partial charge in [0.15, 0.2) is 5.69 Å². The van der Waals surface area contributed by atoms with E-state index in [1.807, 2.05) is 0 Å². The lowest BCUT2D eigenvalue weighted by Crippen LogP contribution is -2.27. The van der Waals surface area contributed by atoms with E-state index < -0.39 is 34.7 Å². The number of alkyl halides is 3. The van der Waals surface area contributed by atoms with Crippen molar-refractivity contribution in [1.82, 2.24) is 9.78 Å². The van der Waals surface area contributed by atoms with Crippen molar-refractivity contribution in [3.8, 4) is 5.69 Å². The molecule has 1 heterocycles. The van der Waals surface area contributed by atoms with Gasteiger partial charge in [-0.15, -0.1) is 0 Å². The smallest absolute Gasteiger partial charge is 0.416 e. The van der Waals surface area contributed by atoms with E-state index in [1.165, 1.54) is 37.3 Å². The van der Waals surface area contributed by atoms with Crippen LogP contribution >= 0.6 is 11.6 Å². The number of benzene rings is 2. The minimum atomic E-state index is -4.58. The van der Waals surface area contributed by atoms with Crippen molar-refractivity contribution in [2.45, 2.75) is 13.1 Å². The number of halogens is 4. The van der Waals surface area contributed by atoms with Gasteiger partial charge in [-0.3, -0.25) is 9.59 Å². The fourth-order valence-corrected chi connectivity index (χ4v) is 3.04. The molecule has 1 aromatic heterocycles. The van der Waals surface area contributed by atoms with Crippen LogP contribution in [0.5, 0.6) is 0 Å². The van der Waals surface area contributed by atoms with Crippen molar-refractivity contribution in [3.05, 3.63) is 86.3 Å². The van der Waals surface area contributed by atoms with Crippen LogP contribution in [0.3, 0.4) is 0 Å². The van der Waals surface area contributed by atoms with Gasteiger partial charge < -0.3 is 10.1 Å². The summed E-state index contributed by atoms with van der Waals surface area (Å²) in [5.74, 6) is -1.75. The molecule has 166 valence electrons. The van der Waals surface area contributed by atoms with Gasteiger partial charge in [0, 0.05) is 16.8 Å². The molecule has 0 fully saturated rings. The van der Waals surface area contributed by atoms with Crippen molar-refractivity contribution < 1.29 is 27.5 Å². The summed E-state index contributed by atoms with van der Waals surface area (Å²) in [6, 6.07) is 9.38. The summed E-state index contributed by atoms with van der Waals surface area (Å²) in [5, 5.41) is 6.56. The number of ether oxygens (including phenoxy) is 1. The Morgan fingerprint density at radius 1 is 1.12 bits per heavy atom. The molecule has 1 N–H and O–H groups in total. The van der Waals surface area contributed by atoms with Crippen molar-refractivity contribution in [2.75, 3.05) is 12.4 Å². The van der Waals surface area contributed by atoms with E-state index in [-0.39, 0.29) is 27.7 Å². The third-order valence-corrected chi connectivity index (χ3v) is 4.61. The Kier molecular flexibility index (Phi) is 6.35. The van der Waals surface area contributed by atoms with E-state index in [0.29, 0.717) is 0 Å². The summed E-state index contributed by atoms with van der Waals surface area (Å²) in [4.78, 5) is 37.1. The Bertz CT molecular complexity index is 1270. The third-order valence-electron chi connectivity index (χ3n) is 4.38. The van der Waals surface area contributed by atoms with E-state index >= 15 is 0 Å². The van der Waals surface area contributed by atoms with Crippen molar-refractivity contribution in [3.63, 3.8) is 0 Å². The fraction of sp³-hybridized carbons (Fsp3) is 0.143. The first-order chi connectivity index (χ1) is 15.0. The molecular formula is C21H15ClF3N3O4. The molecule has 3 rings (SSSR count). The first-order valence-corrected chi connectivity index (χ1v) is 9.37. The second kappa shape index (κ2) is 8.83. The number of methoxy groups -OCH3 is 1. The van der Waals surface area contributed by atoms with Crippen LogP contribution in [0.15, 0.2) is 53.3 Å². The molecular weight excluding hydrogens is 451 g/mol. The number of aryl methyl sites for hydroxylation is 1.